The van der Waals surface area contributed by atoms with E-state index in [0.717, 1.165) is 33.0 Å². The zero-order valence-electron chi connectivity index (χ0n) is 21.6. The number of nitrogens with zero attached hydrogens (tertiary/aromatic N) is 1. The number of sulfonamides is 1. The number of hydrogen-bond donors (Lipinski definition) is 1. The number of carbonyl (C=O) groups excluding carboxylic acids is 1. The van der Waals surface area contributed by atoms with Gasteiger partial charge < -0.3 is 14.8 Å². The Morgan fingerprint density at radius 2 is 1.58 bits per heavy atom. The molecule has 3 rings (SSSR count). The van der Waals surface area contributed by atoms with Gasteiger partial charge in [0.25, 0.3) is 0 Å². The number of aryl methyl sites for hydroxylation is 1. The lowest BCUT2D eigenvalue weighted by Gasteiger charge is -2.26. The molecule has 3 aromatic rings. The second-order valence-corrected chi connectivity index (χ2v) is 11.0. The minimum atomic E-state index is -3.79. The third-order valence-electron chi connectivity index (χ3n) is 5.88. The average Bonchev–Trinajstić information content (AvgIpc) is 2.82. The van der Waals surface area contributed by atoms with Crippen LogP contribution in [0.15, 0.2) is 66.7 Å². The third-order valence-corrected chi connectivity index (χ3v) is 7.00. The standard InChI is InChI=1S/C28H34N2O5S/c1-19(2)23-17-24(20(3)16-27(23)34-5)21(4)29-28(31)18-30(36(6,32)33)25-14-10-11-15-26(25)35-22-12-8-7-9-13-22/h7-17,19,21H,18H2,1-6H3,(H,29,31). The van der Waals surface area contributed by atoms with E-state index in [9.17, 15) is 13.2 Å². The zero-order chi connectivity index (χ0) is 26.5. The average molecular weight is 511 g/mol. The first kappa shape index (κ1) is 27.1. The van der Waals surface area contributed by atoms with Gasteiger partial charge in [-0.1, -0.05) is 44.2 Å². The van der Waals surface area contributed by atoms with Crippen molar-refractivity contribution >= 4 is 21.6 Å². The first-order valence-corrected chi connectivity index (χ1v) is 13.6. The minimum absolute atomic E-state index is 0.240. The highest BCUT2D eigenvalue weighted by molar-refractivity contribution is 7.92. The van der Waals surface area contributed by atoms with Gasteiger partial charge in [-0.2, -0.15) is 0 Å². The molecular weight excluding hydrogens is 476 g/mol. The van der Waals surface area contributed by atoms with Gasteiger partial charge in [0, 0.05) is 0 Å². The SMILES string of the molecule is COc1cc(C)c(C(C)NC(=O)CN(c2ccccc2Oc2ccccc2)S(C)(=O)=O)cc1C(C)C. The number of anilines is 1. The van der Waals surface area contributed by atoms with Crippen LogP contribution in [0.3, 0.4) is 0 Å². The predicted molar refractivity (Wildman–Crippen MR) is 144 cm³/mol. The number of nitrogens with one attached hydrogen (secondary N) is 1. The number of methoxy groups -OCH3 is 1. The van der Waals surface area contributed by atoms with Crippen LogP contribution in [0.1, 0.15) is 49.4 Å². The molecule has 0 saturated carbocycles. The van der Waals surface area contributed by atoms with Crippen molar-refractivity contribution in [3.63, 3.8) is 0 Å². The van der Waals surface area contributed by atoms with Crippen LogP contribution in [0.2, 0.25) is 0 Å². The second-order valence-electron chi connectivity index (χ2n) is 9.05. The zero-order valence-corrected chi connectivity index (χ0v) is 22.4. The van der Waals surface area contributed by atoms with Gasteiger partial charge in [0.2, 0.25) is 15.9 Å². The summed E-state index contributed by atoms with van der Waals surface area (Å²) in [5.41, 5.74) is 3.26. The minimum Gasteiger partial charge on any atom is -0.496 e. The Hall–Kier alpha value is -3.52. The lowest BCUT2D eigenvalue weighted by molar-refractivity contribution is -0.120. The maximum absolute atomic E-state index is 13.1. The van der Waals surface area contributed by atoms with Gasteiger partial charge in [-0.15, -0.1) is 0 Å². The first-order chi connectivity index (χ1) is 17.0. The molecule has 3 aromatic carbocycles. The maximum atomic E-state index is 13.1. The maximum Gasteiger partial charge on any atom is 0.241 e. The van der Waals surface area contributed by atoms with E-state index in [1.807, 2.05) is 44.2 Å². The van der Waals surface area contributed by atoms with Crippen LogP contribution < -0.4 is 19.1 Å². The van der Waals surface area contributed by atoms with E-state index < -0.39 is 15.9 Å². The van der Waals surface area contributed by atoms with E-state index in [1.54, 1.807) is 43.5 Å². The van der Waals surface area contributed by atoms with E-state index in [4.69, 9.17) is 9.47 Å². The molecule has 1 atom stereocenters. The molecule has 8 heteroatoms. The molecule has 0 saturated heterocycles. The normalized spacial score (nSPS) is 12.2. The highest BCUT2D eigenvalue weighted by atomic mass is 32.2. The van der Waals surface area contributed by atoms with Gasteiger partial charge in [-0.3, -0.25) is 9.10 Å². The van der Waals surface area contributed by atoms with Crippen LogP contribution in [0.25, 0.3) is 0 Å². The molecule has 0 spiro atoms. The van der Waals surface area contributed by atoms with E-state index in [-0.39, 0.29) is 24.2 Å². The number of carbonyl (C=O) groups is 1. The summed E-state index contributed by atoms with van der Waals surface area (Å²) in [6.45, 7) is 7.63. The quantitative estimate of drug-likeness (QED) is 0.386. The van der Waals surface area contributed by atoms with Crippen molar-refractivity contribution in [1.29, 1.82) is 0 Å². The van der Waals surface area contributed by atoms with Gasteiger partial charge in [0.1, 0.15) is 18.0 Å². The molecule has 0 heterocycles. The van der Waals surface area contributed by atoms with Gasteiger partial charge >= 0.3 is 0 Å². The molecule has 0 radical (unpaired) electrons. The van der Waals surface area contributed by atoms with Crippen LogP contribution in [0.5, 0.6) is 17.2 Å². The summed E-state index contributed by atoms with van der Waals surface area (Å²) in [4.78, 5) is 13.1. The lowest BCUT2D eigenvalue weighted by Crippen LogP contribution is -2.41. The summed E-state index contributed by atoms with van der Waals surface area (Å²) < 4.78 is 38.0. The Bertz CT molecular complexity index is 1310. The number of ether oxygens (including phenoxy) is 2. The number of rotatable bonds is 10. The van der Waals surface area contributed by atoms with Gasteiger partial charge in [0.15, 0.2) is 5.75 Å². The number of benzene rings is 3. The molecule has 0 aromatic heterocycles. The lowest BCUT2D eigenvalue weighted by atomic mass is 9.93. The molecule has 1 N–H and O–H groups in total. The largest absolute Gasteiger partial charge is 0.496 e. The summed E-state index contributed by atoms with van der Waals surface area (Å²) in [6, 6.07) is 19.5. The Labute approximate surface area is 214 Å². The Morgan fingerprint density at radius 1 is 0.944 bits per heavy atom. The summed E-state index contributed by atoms with van der Waals surface area (Å²) in [5.74, 6) is 1.52. The first-order valence-electron chi connectivity index (χ1n) is 11.8. The molecule has 36 heavy (non-hydrogen) atoms. The molecule has 0 fully saturated rings. The van der Waals surface area contributed by atoms with Crippen molar-refractivity contribution in [2.75, 3.05) is 24.2 Å². The Kier molecular flexibility index (Phi) is 8.63. The van der Waals surface area contributed by atoms with E-state index in [0.29, 0.717) is 11.5 Å². The number of para-hydroxylation sites is 3. The van der Waals surface area contributed by atoms with Crippen molar-refractivity contribution in [3.05, 3.63) is 83.4 Å². The molecular formula is C28H34N2O5S. The molecule has 0 bridgehead atoms. The predicted octanol–water partition coefficient (Wildman–Crippen LogP) is 5.56. The van der Waals surface area contributed by atoms with Crippen molar-refractivity contribution in [1.82, 2.24) is 5.32 Å². The highest BCUT2D eigenvalue weighted by Crippen LogP contribution is 2.34. The molecule has 7 nitrogen and oxygen atoms in total. The van der Waals surface area contributed by atoms with Crippen molar-refractivity contribution in [3.8, 4) is 17.2 Å². The Morgan fingerprint density at radius 3 is 2.19 bits per heavy atom. The number of amides is 1. The monoisotopic (exact) mass is 510 g/mol. The fraction of sp³-hybridized carbons (Fsp3) is 0.321. The van der Waals surface area contributed by atoms with Crippen LogP contribution in [0, 0.1) is 6.92 Å². The van der Waals surface area contributed by atoms with Crippen LogP contribution in [0.4, 0.5) is 5.69 Å². The van der Waals surface area contributed by atoms with Gasteiger partial charge in [-0.25, -0.2) is 8.42 Å². The number of hydrogen-bond acceptors (Lipinski definition) is 5. The van der Waals surface area contributed by atoms with Crippen molar-refractivity contribution in [2.24, 2.45) is 0 Å². The molecule has 1 unspecified atom stereocenters. The third kappa shape index (κ3) is 6.57. The summed E-state index contributed by atoms with van der Waals surface area (Å²) in [7, 11) is -2.14. The van der Waals surface area contributed by atoms with E-state index in [2.05, 4.69) is 19.2 Å². The molecule has 192 valence electrons. The summed E-state index contributed by atoms with van der Waals surface area (Å²) >= 11 is 0. The second kappa shape index (κ2) is 11.5. The smallest absolute Gasteiger partial charge is 0.241 e. The topological polar surface area (TPSA) is 84.9 Å². The molecule has 0 aliphatic carbocycles. The van der Waals surface area contributed by atoms with E-state index in [1.165, 1.54) is 0 Å². The molecule has 0 aliphatic heterocycles. The van der Waals surface area contributed by atoms with Gasteiger partial charge in [0.05, 0.1) is 25.1 Å². The van der Waals surface area contributed by atoms with E-state index >= 15 is 0 Å². The fourth-order valence-corrected chi connectivity index (χ4v) is 4.91. The molecule has 1 amide bonds. The van der Waals surface area contributed by atoms with Crippen LogP contribution in [-0.4, -0.2) is 34.2 Å². The Balaban J connectivity index is 1.85. The van der Waals surface area contributed by atoms with Crippen LogP contribution in [-0.2, 0) is 14.8 Å². The van der Waals surface area contributed by atoms with Crippen molar-refractivity contribution in [2.45, 2.75) is 39.7 Å². The fourth-order valence-electron chi connectivity index (χ4n) is 4.05. The van der Waals surface area contributed by atoms with Crippen molar-refractivity contribution < 1.29 is 22.7 Å². The van der Waals surface area contributed by atoms with Gasteiger partial charge in [-0.05, 0) is 72.9 Å². The highest BCUT2D eigenvalue weighted by Gasteiger charge is 2.25. The summed E-state index contributed by atoms with van der Waals surface area (Å²) in [5, 5.41) is 2.96. The summed E-state index contributed by atoms with van der Waals surface area (Å²) in [6.07, 6.45) is 1.07. The van der Waals surface area contributed by atoms with Crippen LogP contribution >= 0.6 is 0 Å². The molecule has 0 aliphatic rings.